The first-order valence-corrected chi connectivity index (χ1v) is 8.41. The summed E-state index contributed by atoms with van der Waals surface area (Å²) in [6, 6.07) is 15.3. The second-order valence-corrected chi connectivity index (χ2v) is 5.95. The average Bonchev–Trinajstić information content (AvgIpc) is 2.62. The van der Waals surface area contributed by atoms with Crippen LogP contribution in [0.3, 0.4) is 0 Å². The second kappa shape index (κ2) is 9.08. The maximum atomic E-state index is 11.7. The van der Waals surface area contributed by atoms with Crippen LogP contribution < -0.4 is 10.1 Å². The fraction of sp³-hybridized carbons (Fsp3) is 0.350. The Morgan fingerprint density at radius 2 is 1.67 bits per heavy atom. The van der Waals surface area contributed by atoms with Crippen molar-refractivity contribution < 1.29 is 14.6 Å². The molecule has 24 heavy (non-hydrogen) atoms. The first-order valence-electron chi connectivity index (χ1n) is 8.41. The summed E-state index contributed by atoms with van der Waals surface area (Å²) < 4.78 is 5.81. The zero-order valence-electron chi connectivity index (χ0n) is 14.3. The number of carbonyl (C=O) groups excluding carboxylic acids is 1. The van der Waals surface area contributed by atoms with Crippen molar-refractivity contribution >= 4 is 11.6 Å². The van der Waals surface area contributed by atoms with E-state index in [0.29, 0.717) is 11.4 Å². The summed E-state index contributed by atoms with van der Waals surface area (Å²) in [6.45, 7) is 3.70. The Morgan fingerprint density at radius 3 is 2.21 bits per heavy atom. The maximum Gasteiger partial charge on any atom is 0.229 e. The van der Waals surface area contributed by atoms with E-state index >= 15 is 0 Å². The largest absolute Gasteiger partial charge is 0.457 e. The third-order valence-corrected chi connectivity index (χ3v) is 3.82. The number of ether oxygens (including phenoxy) is 1. The van der Waals surface area contributed by atoms with E-state index in [0.717, 1.165) is 12.2 Å². The molecule has 4 heteroatoms. The fourth-order valence-electron chi connectivity index (χ4n) is 2.20. The Kier molecular flexibility index (Phi) is 6.82. The third-order valence-electron chi connectivity index (χ3n) is 3.82. The lowest BCUT2D eigenvalue weighted by Gasteiger charge is -2.11. The zero-order chi connectivity index (χ0) is 17.4. The smallest absolute Gasteiger partial charge is 0.229 e. The summed E-state index contributed by atoms with van der Waals surface area (Å²) in [7, 11) is 0. The van der Waals surface area contributed by atoms with Crippen LogP contribution in [0.1, 0.15) is 32.3 Å². The van der Waals surface area contributed by atoms with E-state index in [9.17, 15) is 4.79 Å². The van der Waals surface area contributed by atoms with Crippen molar-refractivity contribution in [3.05, 3.63) is 54.1 Å². The average molecular weight is 327 g/mol. The number of anilines is 1. The third kappa shape index (κ3) is 5.39. The number of amides is 1. The van der Waals surface area contributed by atoms with Crippen molar-refractivity contribution in [2.75, 3.05) is 11.9 Å². The number of aliphatic hydroxyl groups is 1. The summed E-state index contributed by atoms with van der Waals surface area (Å²) in [5, 5.41) is 11.7. The van der Waals surface area contributed by atoms with Crippen molar-refractivity contribution in [1.82, 2.24) is 0 Å². The topological polar surface area (TPSA) is 58.6 Å². The summed E-state index contributed by atoms with van der Waals surface area (Å²) in [5.74, 6) is 0.881. The number of hydrogen-bond acceptors (Lipinski definition) is 3. The number of carbonyl (C=O) groups is 1. The van der Waals surface area contributed by atoms with Crippen LogP contribution in [0, 0.1) is 5.92 Å². The van der Waals surface area contributed by atoms with Gasteiger partial charge in [0.05, 0.1) is 12.5 Å². The normalized spacial score (nSPS) is 11.8. The van der Waals surface area contributed by atoms with Gasteiger partial charge in [0.1, 0.15) is 11.5 Å². The van der Waals surface area contributed by atoms with E-state index in [1.54, 1.807) is 19.1 Å². The quantitative estimate of drug-likeness (QED) is 0.756. The molecule has 2 rings (SSSR count). The van der Waals surface area contributed by atoms with Crippen LogP contribution in [0.2, 0.25) is 0 Å². The molecule has 0 heterocycles. The molecule has 2 N–H and O–H groups in total. The van der Waals surface area contributed by atoms with Gasteiger partial charge >= 0.3 is 0 Å². The molecule has 0 aliphatic heterocycles. The Hall–Kier alpha value is -2.33. The molecular formula is C20H25NO3. The highest BCUT2D eigenvalue weighted by atomic mass is 16.5. The molecule has 0 bridgehead atoms. The van der Waals surface area contributed by atoms with Crippen LogP contribution in [0.5, 0.6) is 11.5 Å². The van der Waals surface area contributed by atoms with Crippen LogP contribution >= 0.6 is 0 Å². The van der Waals surface area contributed by atoms with E-state index in [-0.39, 0.29) is 12.5 Å². The molecule has 1 unspecified atom stereocenters. The van der Waals surface area contributed by atoms with Gasteiger partial charge in [0.15, 0.2) is 0 Å². The first kappa shape index (κ1) is 18.0. The SMILES string of the molecule is CCCCc1ccc(Oc2ccc(NC(=O)C(C)CO)cc2)cc1. The molecule has 128 valence electrons. The molecule has 0 fully saturated rings. The summed E-state index contributed by atoms with van der Waals surface area (Å²) in [5.41, 5.74) is 2.00. The van der Waals surface area contributed by atoms with Gasteiger partial charge in [-0.15, -0.1) is 0 Å². The van der Waals surface area contributed by atoms with Crippen molar-refractivity contribution in [3.8, 4) is 11.5 Å². The van der Waals surface area contributed by atoms with Gasteiger partial charge in [-0.1, -0.05) is 32.4 Å². The zero-order valence-corrected chi connectivity index (χ0v) is 14.3. The minimum Gasteiger partial charge on any atom is -0.457 e. The fourth-order valence-corrected chi connectivity index (χ4v) is 2.20. The highest BCUT2D eigenvalue weighted by molar-refractivity contribution is 5.92. The lowest BCUT2D eigenvalue weighted by molar-refractivity contribution is -0.120. The van der Waals surface area contributed by atoms with Gasteiger partial charge in [0.25, 0.3) is 0 Å². The number of nitrogens with one attached hydrogen (secondary N) is 1. The Balaban J connectivity index is 1.92. The molecule has 1 atom stereocenters. The van der Waals surface area contributed by atoms with E-state index in [2.05, 4.69) is 24.4 Å². The predicted molar refractivity (Wildman–Crippen MR) is 96.4 cm³/mol. The highest BCUT2D eigenvalue weighted by Gasteiger charge is 2.11. The van der Waals surface area contributed by atoms with E-state index in [1.165, 1.54) is 18.4 Å². The molecule has 0 radical (unpaired) electrons. The van der Waals surface area contributed by atoms with Gasteiger partial charge in [-0.3, -0.25) is 4.79 Å². The predicted octanol–water partition coefficient (Wildman–Crippen LogP) is 4.39. The molecule has 0 spiro atoms. The van der Waals surface area contributed by atoms with Crippen LogP contribution in [0.25, 0.3) is 0 Å². The number of unbranched alkanes of at least 4 members (excludes halogenated alkanes) is 1. The summed E-state index contributed by atoms with van der Waals surface area (Å²) >= 11 is 0. The Morgan fingerprint density at radius 1 is 1.08 bits per heavy atom. The van der Waals surface area contributed by atoms with Gasteiger partial charge in [0, 0.05) is 5.69 Å². The van der Waals surface area contributed by atoms with Crippen molar-refractivity contribution in [2.24, 2.45) is 5.92 Å². The minimum absolute atomic E-state index is 0.165. The monoisotopic (exact) mass is 327 g/mol. The van der Waals surface area contributed by atoms with Crippen LogP contribution in [-0.2, 0) is 11.2 Å². The van der Waals surface area contributed by atoms with Gasteiger partial charge in [-0.25, -0.2) is 0 Å². The molecule has 0 aliphatic rings. The minimum atomic E-state index is -0.424. The summed E-state index contributed by atoms with van der Waals surface area (Å²) in [4.78, 5) is 11.7. The van der Waals surface area contributed by atoms with Crippen LogP contribution in [0.15, 0.2) is 48.5 Å². The molecular weight excluding hydrogens is 302 g/mol. The molecule has 0 saturated carbocycles. The second-order valence-electron chi connectivity index (χ2n) is 5.95. The molecule has 4 nitrogen and oxygen atoms in total. The molecule has 0 aromatic heterocycles. The standard InChI is InChI=1S/C20H25NO3/c1-3-4-5-16-6-10-18(11-7-16)24-19-12-8-17(9-13-19)21-20(23)15(2)14-22/h6-13,15,22H,3-5,14H2,1-2H3,(H,21,23). The van der Waals surface area contributed by atoms with E-state index in [4.69, 9.17) is 9.84 Å². The molecule has 2 aromatic carbocycles. The highest BCUT2D eigenvalue weighted by Crippen LogP contribution is 2.24. The van der Waals surface area contributed by atoms with E-state index < -0.39 is 5.92 Å². The first-order chi connectivity index (χ1) is 11.6. The Labute approximate surface area is 143 Å². The van der Waals surface area contributed by atoms with Gasteiger partial charge < -0.3 is 15.2 Å². The number of aryl methyl sites for hydroxylation is 1. The van der Waals surface area contributed by atoms with Crippen LogP contribution in [0.4, 0.5) is 5.69 Å². The summed E-state index contributed by atoms with van der Waals surface area (Å²) in [6.07, 6.45) is 3.48. The Bertz CT molecular complexity index is 635. The molecule has 0 saturated heterocycles. The maximum absolute atomic E-state index is 11.7. The number of benzene rings is 2. The lowest BCUT2D eigenvalue weighted by atomic mass is 10.1. The van der Waals surface area contributed by atoms with Crippen molar-refractivity contribution in [1.29, 1.82) is 0 Å². The number of aliphatic hydroxyl groups excluding tert-OH is 1. The number of rotatable bonds is 8. The lowest BCUT2D eigenvalue weighted by Crippen LogP contribution is -2.22. The number of hydrogen-bond donors (Lipinski definition) is 2. The molecule has 1 amide bonds. The van der Waals surface area contributed by atoms with Crippen LogP contribution in [-0.4, -0.2) is 17.6 Å². The van der Waals surface area contributed by atoms with Gasteiger partial charge in [-0.05, 0) is 54.8 Å². The molecule has 2 aromatic rings. The van der Waals surface area contributed by atoms with Gasteiger partial charge in [-0.2, -0.15) is 0 Å². The van der Waals surface area contributed by atoms with E-state index in [1.807, 2.05) is 24.3 Å². The van der Waals surface area contributed by atoms with Gasteiger partial charge in [0.2, 0.25) is 5.91 Å². The van der Waals surface area contributed by atoms with Crippen molar-refractivity contribution in [3.63, 3.8) is 0 Å². The van der Waals surface area contributed by atoms with Crippen molar-refractivity contribution in [2.45, 2.75) is 33.1 Å². The molecule has 0 aliphatic carbocycles.